The summed E-state index contributed by atoms with van der Waals surface area (Å²) in [6.45, 7) is 4.17. The van der Waals surface area contributed by atoms with E-state index in [0.717, 1.165) is 31.1 Å². The number of hydrogen-bond donors (Lipinski definition) is 0. The lowest BCUT2D eigenvalue weighted by Crippen LogP contribution is -2.29. The highest BCUT2D eigenvalue weighted by Gasteiger charge is 2.28. The lowest BCUT2D eigenvalue weighted by Gasteiger charge is -2.20. The number of rotatable bonds is 7. The van der Waals surface area contributed by atoms with Crippen LogP contribution in [0.15, 0.2) is 24.3 Å². The van der Waals surface area contributed by atoms with Gasteiger partial charge in [0.05, 0.1) is 0 Å². The van der Waals surface area contributed by atoms with Crippen LogP contribution in [0.1, 0.15) is 43.0 Å². The van der Waals surface area contributed by atoms with Gasteiger partial charge in [-0.05, 0) is 37.9 Å². The third-order valence-corrected chi connectivity index (χ3v) is 3.58. The molecule has 2 rings (SSSR count). The first-order valence-electron chi connectivity index (χ1n) is 6.73. The molecule has 1 aromatic carbocycles. The van der Waals surface area contributed by atoms with E-state index in [2.05, 4.69) is 11.8 Å². The Morgan fingerprint density at radius 1 is 1.39 bits per heavy atom. The van der Waals surface area contributed by atoms with Crippen molar-refractivity contribution in [1.29, 1.82) is 0 Å². The van der Waals surface area contributed by atoms with E-state index in [1.807, 2.05) is 12.1 Å². The van der Waals surface area contributed by atoms with Gasteiger partial charge in [0.25, 0.3) is 0 Å². The maximum absolute atomic E-state index is 12.1. The van der Waals surface area contributed by atoms with Crippen molar-refractivity contribution in [3.8, 4) is 0 Å². The second-order valence-electron chi connectivity index (χ2n) is 4.95. The van der Waals surface area contributed by atoms with E-state index in [-0.39, 0.29) is 5.78 Å². The minimum absolute atomic E-state index is 0.194. The predicted molar refractivity (Wildman–Crippen MR) is 75.3 cm³/mol. The van der Waals surface area contributed by atoms with E-state index in [0.29, 0.717) is 11.4 Å². The van der Waals surface area contributed by atoms with Crippen LogP contribution in [0.3, 0.4) is 0 Å². The summed E-state index contributed by atoms with van der Waals surface area (Å²) in [6.07, 6.45) is 4.34. The topological polar surface area (TPSA) is 20.3 Å². The van der Waals surface area contributed by atoms with Gasteiger partial charge in [0.1, 0.15) is 0 Å². The quantitative estimate of drug-likeness (QED) is 0.699. The predicted octanol–water partition coefficient (Wildman–Crippen LogP) is 3.79. The summed E-state index contributed by atoms with van der Waals surface area (Å²) in [5.41, 5.74) is 0.731. The Labute approximate surface area is 114 Å². The summed E-state index contributed by atoms with van der Waals surface area (Å²) < 4.78 is 0. The molecule has 0 radical (unpaired) electrons. The Balaban J connectivity index is 1.87. The Morgan fingerprint density at radius 3 is 2.78 bits per heavy atom. The molecule has 0 amide bonds. The molecule has 1 fully saturated rings. The molecule has 0 N–H and O–H groups in total. The molecule has 98 valence electrons. The van der Waals surface area contributed by atoms with Gasteiger partial charge in [-0.15, -0.1) is 0 Å². The molecule has 18 heavy (non-hydrogen) atoms. The van der Waals surface area contributed by atoms with Gasteiger partial charge < -0.3 is 0 Å². The van der Waals surface area contributed by atoms with Crippen molar-refractivity contribution in [3.05, 3.63) is 34.9 Å². The molecule has 0 aliphatic heterocycles. The van der Waals surface area contributed by atoms with Crippen molar-refractivity contribution in [1.82, 2.24) is 4.90 Å². The van der Waals surface area contributed by atoms with Crippen LogP contribution < -0.4 is 0 Å². The standard InChI is InChI=1S/C15H20ClNO/c1-2-9-17(14-6-7-14)10-8-15(18)12-4-3-5-13(16)11-12/h3-5,11,14H,2,6-10H2,1H3. The zero-order valence-electron chi connectivity index (χ0n) is 10.9. The molecular weight excluding hydrogens is 246 g/mol. The van der Waals surface area contributed by atoms with E-state index in [4.69, 9.17) is 11.6 Å². The van der Waals surface area contributed by atoms with Crippen molar-refractivity contribution in [2.24, 2.45) is 0 Å². The first-order chi connectivity index (χ1) is 8.70. The Bertz CT molecular complexity index is 415. The van der Waals surface area contributed by atoms with Crippen molar-refractivity contribution in [3.63, 3.8) is 0 Å². The molecule has 1 aromatic rings. The van der Waals surface area contributed by atoms with Crippen molar-refractivity contribution in [2.75, 3.05) is 13.1 Å². The van der Waals surface area contributed by atoms with E-state index >= 15 is 0 Å². The number of halogens is 1. The third kappa shape index (κ3) is 3.82. The zero-order valence-corrected chi connectivity index (χ0v) is 11.6. The maximum atomic E-state index is 12.1. The number of nitrogens with zero attached hydrogens (tertiary/aromatic N) is 1. The highest BCUT2D eigenvalue weighted by molar-refractivity contribution is 6.31. The first-order valence-corrected chi connectivity index (χ1v) is 7.11. The second-order valence-corrected chi connectivity index (χ2v) is 5.39. The van der Waals surface area contributed by atoms with Gasteiger partial charge >= 0.3 is 0 Å². The average Bonchev–Trinajstić information content (AvgIpc) is 3.18. The monoisotopic (exact) mass is 265 g/mol. The van der Waals surface area contributed by atoms with Gasteiger partial charge in [-0.3, -0.25) is 9.69 Å². The SMILES string of the molecule is CCCN(CCC(=O)c1cccc(Cl)c1)C1CC1. The van der Waals surface area contributed by atoms with E-state index in [1.54, 1.807) is 12.1 Å². The van der Waals surface area contributed by atoms with Crippen LogP contribution in [0.4, 0.5) is 0 Å². The van der Waals surface area contributed by atoms with Crippen LogP contribution in [0.5, 0.6) is 0 Å². The number of carbonyl (C=O) groups is 1. The molecule has 0 aromatic heterocycles. The minimum atomic E-state index is 0.194. The summed E-state index contributed by atoms with van der Waals surface area (Å²) in [6, 6.07) is 7.96. The van der Waals surface area contributed by atoms with Crippen LogP contribution in [0.25, 0.3) is 0 Å². The van der Waals surface area contributed by atoms with Crippen LogP contribution in [0.2, 0.25) is 5.02 Å². The minimum Gasteiger partial charge on any atom is -0.300 e. The lowest BCUT2D eigenvalue weighted by atomic mass is 10.1. The van der Waals surface area contributed by atoms with Crippen molar-refractivity contribution < 1.29 is 4.79 Å². The van der Waals surface area contributed by atoms with Gasteiger partial charge in [-0.2, -0.15) is 0 Å². The van der Waals surface area contributed by atoms with E-state index < -0.39 is 0 Å². The lowest BCUT2D eigenvalue weighted by molar-refractivity contribution is 0.0962. The molecule has 1 aliphatic rings. The first kappa shape index (κ1) is 13.6. The number of ketones is 1. The van der Waals surface area contributed by atoms with Crippen LogP contribution in [-0.2, 0) is 0 Å². The van der Waals surface area contributed by atoms with E-state index in [9.17, 15) is 4.79 Å². The van der Waals surface area contributed by atoms with Crippen molar-refractivity contribution in [2.45, 2.75) is 38.6 Å². The van der Waals surface area contributed by atoms with Gasteiger partial charge in [-0.25, -0.2) is 0 Å². The third-order valence-electron chi connectivity index (χ3n) is 3.35. The second kappa shape index (κ2) is 6.35. The van der Waals surface area contributed by atoms with Gasteiger partial charge in [-0.1, -0.05) is 30.7 Å². The Kier molecular flexibility index (Phi) is 4.79. The molecule has 1 aliphatic carbocycles. The molecular formula is C15H20ClNO. The molecule has 1 saturated carbocycles. The molecule has 2 nitrogen and oxygen atoms in total. The summed E-state index contributed by atoms with van der Waals surface area (Å²) in [5.74, 6) is 0.194. The van der Waals surface area contributed by atoms with Gasteiger partial charge in [0.15, 0.2) is 5.78 Å². The highest BCUT2D eigenvalue weighted by atomic mass is 35.5. The largest absolute Gasteiger partial charge is 0.300 e. The summed E-state index contributed by atoms with van der Waals surface area (Å²) in [4.78, 5) is 14.5. The average molecular weight is 266 g/mol. The fraction of sp³-hybridized carbons (Fsp3) is 0.533. The molecule has 0 heterocycles. The Morgan fingerprint density at radius 2 is 2.17 bits per heavy atom. The molecule has 0 unspecified atom stereocenters. The summed E-state index contributed by atoms with van der Waals surface area (Å²) >= 11 is 5.90. The van der Waals surface area contributed by atoms with Gasteiger partial charge in [0, 0.05) is 29.6 Å². The van der Waals surface area contributed by atoms with Crippen LogP contribution in [0, 0.1) is 0 Å². The van der Waals surface area contributed by atoms with Crippen molar-refractivity contribution >= 4 is 17.4 Å². The zero-order chi connectivity index (χ0) is 13.0. The molecule has 0 spiro atoms. The number of benzene rings is 1. The molecule has 0 atom stereocenters. The molecule has 3 heteroatoms. The van der Waals surface area contributed by atoms with Crippen LogP contribution >= 0.6 is 11.6 Å². The fourth-order valence-electron chi connectivity index (χ4n) is 2.26. The maximum Gasteiger partial charge on any atom is 0.164 e. The Hall–Kier alpha value is -0.860. The number of hydrogen-bond acceptors (Lipinski definition) is 2. The van der Waals surface area contributed by atoms with Crippen LogP contribution in [-0.4, -0.2) is 29.8 Å². The van der Waals surface area contributed by atoms with E-state index in [1.165, 1.54) is 12.8 Å². The normalized spacial score (nSPS) is 15.1. The summed E-state index contributed by atoms with van der Waals surface area (Å²) in [5, 5.41) is 0.633. The highest BCUT2D eigenvalue weighted by Crippen LogP contribution is 2.27. The molecule has 0 bridgehead atoms. The smallest absolute Gasteiger partial charge is 0.164 e. The van der Waals surface area contributed by atoms with Gasteiger partial charge in [0.2, 0.25) is 0 Å². The number of Topliss-reactive ketones (excluding diaryl/α,β-unsaturated/α-hetero) is 1. The molecule has 0 saturated heterocycles. The summed E-state index contributed by atoms with van der Waals surface area (Å²) in [7, 11) is 0. The fourth-order valence-corrected chi connectivity index (χ4v) is 2.45. The number of carbonyl (C=O) groups excluding carboxylic acids is 1.